The van der Waals surface area contributed by atoms with E-state index in [4.69, 9.17) is 4.74 Å². The number of fused-ring (bicyclic) bond motifs is 5. The molecule has 0 amide bonds. The highest BCUT2D eigenvalue weighted by Crippen LogP contribution is 2.68. The Bertz CT molecular complexity index is 806. The standard InChI is InChI=1S/C28H44O5/c1-17(16-33-19(3)29)6-7-18(2)22-8-9-23-21-14-25(31)28(32)15-20(30)10-13-27(28,5)24(21)11-12-26(22,23)4/h6-7,17-18,20-24,30,32H,8-16H2,1-5H3. The Labute approximate surface area is 199 Å². The van der Waals surface area contributed by atoms with Crippen LogP contribution in [-0.4, -0.2) is 40.3 Å². The lowest BCUT2D eigenvalue weighted by Gasteiger charge is -2.63. The van der Waals surface area contributed by atoms with Crippen molar-refractivity contribution >= 4 is 11.8 Å². The molecule has 4 aliphatic rings. The monoisotopic (exact) mass is 460 g/mol. The Morgan fingerprint density at radius 1 is 1.12 bits per heavy atom. The van der Waals surface area contributed by atoms with Crippen LogP contribution in [0.5, 0.6) is 0 Å². The lowest BCUT2D eigenvalue weighted by atomic mass is 9.42. The molecule has 0 bridgehead atoms. The van der Waals surface area contributed by atoms with E-state index in [1.165, 1.54) is 13.3 Å². The summed E-state index contributed by atoms with van der Waals surface area (Å²) < 4.78 is 5.15. The molecule has 0 saturated heterocycles. The summed E-state index contributed by atoms with van der Waals surface area (Å²) in [5.41, 5.74) is -1.56. The minimum Gasteiger partial charge on any atom is -0.465 e. The smallest absolute Gasteiger partial charge is 0.302 e. The van der Waals surface area contributed by atoms with Gasteiger partial charge in [-0.25, -0.2) is 0 Å². The van der Waals surface area contributed by atoms with Crippen molar-refractivity contribution < 1.29 is 24.5 Å². The fraction of sp³-hybridized carbons (Fsp3) is 0.857. The number of hydrogen-bond donors (Lipinski definition) is 2. The third-order valence-corrected chi connectivity index (χ3v) is 10.6. The van der Waals surface area contributed by atoms with Gasteiger partial charge in [0.25, 0.3) is 0 Å². The molecule has 0 heterocycles. The van der Waals surface area contributed by atoms with Crippen molar-refractivity contribution in [3.8, 4) is 0 Å². The summed E-state index contributed by atoms with van der Waals surface area (Å²) in [6.45, 7) is 10.9. The van der Waals surface area contributed by atoms with E-state index in [0.29, 0.717) is 49.0 Å². The maximum absolute atomic E-state index is 13.3. The summed E-state index contributed by atoms with van der Waals surface area (Å²) in [5.74, 6) is 2.19. The highest BCUT2D eigenvalue weighted by Gasteiger charge is 2.67. The molecule has 4 rings (SSSR count). The van der Waals surface area contributed by atoms with Crippen LogP contribution < -0.4 is 0 Å². The number of aliphatic hydroxyl groups is 2. The minimum absolute atomic E-state index is 0.0232. The second-order valence-corrected chi connectivity index (χ2v) is 12.4. The quantitative estimate of drug-likeness (QED) is 0.459. The van der Waals surface area contributed by atoms with Crippen LogP contribution in [0.25, 0.3) is 0 Å². The molecule has 0 aromatic heterocycles. The van der Waals surface area contributed by atoms with Gasteiger partial charge in [-0.3, -0.25) is 9.59 Å². The van der Waals surface area contributed by atoms with E-state index in [1.807, 2.05) is 0 Å². The summed E-state index contributed by atoms with van der Waals surface area (Å²) in [6, 6.07) is 0. The molecule has 0 aromatic carbocycles. The molecule has 0 aliphatic heterocycles. The third kappa shape index (κ3) is 4.01. The second kappa shape index (κ2) is 8.78. The number of carbonyl (C=O) groups excluding carboxylic acids is 2. The fourth-order valence-corrected chi connectivity index (χ4v) is 8.73. The lowest BCUT2D eigenvalue weighted by Crippen LogP contribution is -2.67. The molecule has 5 heteroatoms. The zero-order chi connectivity index (χ0) is 24.2. The summed E-state index contributed by atoms with van der Waals surface area (Å²) >= 11 is 0. The SMILES string of the molecule is CC(=O)OCC(C)C=CC(C)C1CCC2C3CC(=O)C4(O)CC(O)CCC4(C)C3CCC12C. The van der Waals surface area contributed by atoms with Crippen molar-refractivity contribution in [2.45, 2.75) is 97.7 Å². The normalized spacial score (nSPS) is 46.9. The topological polar surface area (TPSA) is 83.8 Å². The largest absolute Gasteiger partial charge is 0.465 e. The molecule has 10 unspecified atom stereocenters. The van der Waals surface area contributed by atoms with Gasteiger partial charge in [-0.15, -0.1) is 0 Å². The van der Waals surface area contributed by atoms with Crippen LogP contribution in [0.2, 0.25) is 0 Å². The fourth-order valence-electron chi connectivity index (χ4n) is 8.73. The van der Waals surface area contributed by atoms with E-state index in [-0.39, 0.29) is 29.5 Å². The molecule has 5 nitrogen and oxygen atoms in total. The van der Waals surface area contributed by atoms with Crippen molar-refractivity contribution in [1.82, 2.24) is 0 Å². The molecule has 186 valence electrons. The van der Waals surface area contributed by atoms with Gasteiger partial charge in [0.1, 0.15) is 5.60 Å². The number of esters is 1. The van der Waals surface area contributed by atoms with Gasteiger partial charge in [0.05, 0.1) is 12.7 Å². The first-order valence-electron chi connectivity index (χ1n) is 13.2. The van der Waals surface area contributed by atoms with E-state index in [0.717, 1.165) is 25.7 Å². The predicted molar refractivity (Wildman–Crippen MR) is 127 cm³/mol. The number of allylic oxidation sites excluding steroid dienone is 1. The predicted octanol–water partition coefficient (Wildman–Crippen LogP) is 4.69. The van der Waals surface area contributed by atoms with Crippen LogP contribution in [0.1, 0.15) is 86.0 Å². The van der Waals surface area contributed by atoms with Gasteiger partial charge in [-0.2, -0.15) is 0 Å². The van der Waals surface area contributed by atoms with Gasteiger partial charge in [-0.1, -0.05) is 39.8 Å². The van der Waals surface area contributed by atoms with E-state index in [2.05, 4.69) is 39.8 Å². The van der Waals surface area contributed by atoms with Gasteiger partial charge in [0, 0.05) is 31.1 Å². The molecule has 2 N–H and O–H groups in total. The van der Waals surface area contributed by atoms with E-state index >= 15 is 0 Å². The van der Waals surface area contributed by atoms with Crippen LogP contribution in [0.3, 0.4) is 0 Å². The molecular weight excluding hydrogens is 416 g/mol. The van der Waals surface area contributed by atoms with Crippen molar-refractivity contribution in [2.75, 3.05) is 6.61 Å². The molecule has 4 fully saturated rings. The number of hydrogen-bond acceptors (Lipinski definition) is 5. The highest BCUT2D eigenvalue weighted by molar-refractivity contribution is 5.89. The van der Waals surface area contributed by atoms with Crippen LogP contribution in [-0.2, 0) is 14.3 Å². The molecule has 4 aliphatic carbocycles. The highest BCUT2D eigenvalue weighted by atomic mass is 16.5. The molecule has 0 aromatic rings. The molecule has 33 heavy (non-hydrogen) atoms. The third-order valence-electron chi connectivity index (χ3n) is 10.6. The number of ketones is 1. The number of rotatable bonds is 5. The number of Topliss-reactive ketones (excluding diaryl/α,β-unsaturated/α-hetero) is 1. The van der Waals surface area contributed by atoms with Gasteiger partial charge in [-0.05, 0) is 73.5 Å². The van der Waals surface area contributed by atoms with Crippen molar-refractivity contribution in [2.24, 2.45) is 46.3 Å². The van der Waals surface area contributed by atoms with Crippen LogP contribution >= 0.6 is 0 Å². The summed E-state index contributed by atoms with van der Waals surface area (Å²) in [5, 5.41) is 21.8. The van der Waals surface area contributed by atoms with E-state index in [1.54, 1.807) is 0 Å². The summed E-state index contributed by atoms with van der Waals surface area (Å²) in [4.78, 5) is 24.4. The molecular formula is C28H44O5. The van der Waals surface area contributed by atoms with Gasteiger partial charge >= 0.3 is 5.97 Å². The first-order valence-corrected chi connectivity index (χ1v) is 13.2. The first kappa shape index (κ1) is 24.9. The van der Waals surface area contributed by atoms with E-state index in [9.17, 15) is 19.8 Å². The average molecular weight is 461 g/mol. The number of carbonyl (C=O) groups is 2. The van der Waals surface area contributed by atoms with Crippen LogP contribution in [0, 0.1) is 46.3 Å². The maximum atomic E-state index is 13.3. The van der Waals surface area contributed by atoms with Gasteiger partial charge in [0.2, 0.25) is 0 Å². The van der Waals surface area contributed by atoms with Gasteiger partial charge in [0.15, 0.2) is 5.78 Å². The molecule has 10 atom stereocenters. The molecule has 0 radical (unpaired) electrons. The summed E-state index contributed by atoms with van der Waals surface area (Å²) in [6.07, 6.45) is 10.6. The number of aliphatic hydroxyl groups excluding tert-OH is 1. The van der Waals surface area contributed by atoms with Crippen LogP contribution in [0.15, 0.2) is 12.2 Å². The van der Waals surface area contributed by atoms with E-state index < -0.39 is 17.1 Å². The van der Waals surface area contributed by atoms with Crippen molar-refractivity contribution in [3.63, 3.8) is 0 Å². The zero-order valence-electron chi connectivity index (χ0n) is 21.2. The lowest BCUT2D eigenvalue weighted by molar-refractivity contribution is -0.213. The zero-order valence-corrected chi connectivity index (χ0v) is 21.2. The minimum atomic E-state index is -1.36. The number of ether oxygens (including phenoxy) is 1. The van der Waals surface area contributed by atoms with Crippen LogP contribution in [0.4, 0.5) is 0 Å². The Kier molecular flexibility index (Phi) is 6.63. The van der Waals surface area contributed by atoms with Crippen molar-refractivity contribution in [1.29, 1.82) is 0 Å². The molecule has 0 spiro atoms. The molecule has 4 saturated carbocycles. The Hall–Kier alpha value is -1.20. The average Bonchev–Trinajstić information content (AvgIpc) is 3.10. The van der Waals surface area contributed by atoms with Gasteiger partial charge < -0.3 is 14.9 Å². The maximum Gasteiger partial charge on any atom is 0.302 e. The second-order valence-electron chi connectivity index (χ2n) is 12.4. The Morgan fingerprint density at radius 2 is 1.85 bits per heavy atom. The Morgan fingerprint density at radius 3 is 2.55 bits per heavy atom. The summed E-state index contributed by atoms with van der Waals surface area (Å²) in [7, 11) is 0. The Balaban J connectivity index is 1.51. The van der Waals surface area contributed by atoms with Crippen molar-refractivity contribution in [3.05, 3.63) is 12.2 Å². The first-order chi connectivity index (χ1) is 15.4.